The summed E-state index contributed by atoms with van der Waals surface area (Å²) < 4.78 is 0. The van der Waals surface area contributed by atoms with Crippen molar-refractivity contribution in [2.45, 2.75) is 25.3 Å². The molecule has 0 radical (unpaired) electrons. The Labute approximate surface area is 208 Å². The number of fused-ring (bicyclic) bond motifs is 1. The van der Waals surface area contributed by atoms with Crippen LogP contribution in [-0.4, -0.2) is 16.6 Å². The normalized spacial score (nSPS) is 21.1. The third-order valence-corrected chi connectivity index (χ3v) is 6.98. The molecule has 33 heavy (non-hydrogen) atoms. The van der Waals surface area contributed by atoms with E-state index in [0.717, 1.165) is 36.1 Å². The molecule has 5 rings (SSSR count). The van der Waals surface area contributed by atoms with Gasteiger partial charge in [0.15, 0.2) is 0 Å². The fourth-order valence-corrected chi connectivity index (χ4v) is 5.02. The van der Waals surface area contributed by atoms with E-state index in [-0.39, 0.29) is 17.9 Å². The quantitative estimate of drug-likeness (QED) is 0.361. The SMILES string of the molecule is O=C(c1ccc(Cl)cc1)N1N=C2/C(=C/c3ccc(Cl)cc3)CCC[C@H]2[C@H]1c1ccc(Cl)cc1. The van der Waals surface area contributed by atoms with Crippen molar-refractivity contribution in [3.63, 3.8) is 0 Å². The number of hydrogen-bond acceptors (Lipinski definition) is 2. The minimum Gasteiger partial charge on any atom is -0.267 e. The maximum absolute atomic E-state index is 13.6. The average Bonchev–Trinajstić information content (AvgIpc) is 3.22. The zero-order valence-electron chi connectivity index (χ0n) is 17.7. The number of hydrogen-bond donors (Lipinski definition) is 0. The molecule has 3 nitrogen and oxygen atoms in total. The van der Waals surface area contributed by atoms with Crippen LogP contribution in [-0.2, 0) is 0 Å². The van der Waals surface area contributed by atoms with E-state index in [1.807, 2.05) is 48.5 Å². The van der Waals surface area contributed by atoms with E-state index >= 15 is 0 Å². The van der Waals surface area contributed by atoms with Gasteiger partial charge in [-0.1, -0.05) is 59.1 Å². The third-order valence-electron chi connectivity index (χ3n) is 6.22. The lowest BCUT2D eigenvalue weighted by Gasteiger charge is -2.29. The second-order valence-electron chi connectivity index (χ2n) is 8.36. The molecule has 0 spiro atoms. The molecule has 0 saturated heterocycles. The van der Waals surface area contributed by atoms with Crippen LogP contribution in [0.5, 0.6) is 0 Å². The van der Waals surface area contributed by atoms with Crippen LogP contribution in [0.15, 0.2) is 83.5 Å². The van der Waals surface area contributed by atoms with E-state index in [1.54, 1.807) is 29.3 Å². The van der Waals surface area contributed by atoms with Crippen LogP contribution in [0.25, 0.3) is 6.08 Å². The van der Waals surface area contributed by atoms with Gasteiger partial charge in [-0.2, -0.15) is 5.10 Å². The first-order valence-corrected chi connectivity index (χ1v) is 12.0. The zero-order chi connectivity index (χ0) is 22.9. The Morgan fingerprint density at radius 3 is 2.06 bits per heavy atom. The summed E-state index contributed by atoms with van der Waals surface area (Å²) in [5, 5.41) is 8.54. The highest BCUT2D eigenvalue weighted by Crippen LogP contribution is 2.45. The summed E-state index contributed by atoms with van der Waals surface area (Å²) in [6.45, 7) is 0. The van der Waals surface area contributed by atoms with Crippen LogP contribution in [0.1, 0.15) is 46.8 Å². The molecule has 1 aliphatic heterocycles. The van der Waals surface area contributed by atoms with Gasteiger partial charge in [0.25, 0.3) is 5.91 Å². The molecule has 2 atom stereocenters. The van der Waals surface area contributed by atoms with E-state index < -0.39 is 0 Å². The Balaban J connectivity index is 1.57. The Hall–Kier alpha value is -2.59. The van der Waals surface area contributed by atoms with Crippen LogP contribution >= 0.6 is 34.8 Å². The molecule has 1 heterocycles. The summed E-state index contributed by atoms with van der Waals surface area (Å²) in [6, 6.07) is 22.3. The Morgan fingerprint density at radius 2 is 1.42 bits per heavy atom. The molecule has 166 valence electrons. The minimum absolute atomic E-state index is 0.120. The number of halogens is 3. The van der Waals surface area contributed by atoms with Crippen LogP contribution < -0.4 is 0 Å². The Kier molecular flexibility index (Phi) is 6.29. The van der Waals surface area contributed by atoms with Gasteiger partial charge in [-0.3, -0.25) is 4.79 Å². The highest BCUT2D eigenvalue weighted by atomic mass is 35.5. The maximum atomic E-state index is 13.6. The second-order valence-corrected chi connectivity index (χ2v) is 9.67. The molecule has 0 unspecified atom stereocenters. The van der Waals surface area contributed by atoms with Crippen molar-refractivity contribution in [2.24, 2.45) is 11.0 Å². The van der Waals surface area contributed by atoms with Crippen LogP contribution in [0.3, 0.4) is 0 Å². The zero-order valence-corrected chi connectivity index (χ0v) is 20.0. The summed E-state index contributed by atoms with van der Waals surface area (Å²) in [5.41, 5.74) is 4.81. The van der Waals surface area contributed by atoms with Gasteiger partial charge in [0, 0.05) is 26.5 Å². The predicted molar refractivity (Wildman–Crippen MR) is 136 cm³/mol. The fourth-order valence-electron chi connectivity index (χ4n) is 4.65. The molecular weight excluding hydrogens is 475 g/mol. The van der Waals surface area contributed by atoms with Gasteiger partial charge in [0.1, 0.15) is 0 Å². The van der Waals surface area contributed by atoms with E-state index in [2.05, 4.69) is 6.08 Å². The Morgan fingerprint density at radius 1 is 0.848 bits per heavy atom. The first kappa shape index (κ1) is 22.2. The molecule has 1 fully saturated rings. The van der Waals surface area contributed by atoms with Crippen LogP contribution in [0, 0.1) is 5.92 Å². The number of carbonyl (C=O) groups is 1. The van der Waals surface area contributed by atoms with Crippen molar-refractivity contribution in [3.8, 4) is 0 Å². The summed E-state index contributed by atoms with van der Waals surface area (Å²) >= 11 is 18.2. The molecular formula is C27H21Cl3N2O. The van der Waals surface area contributed by atoms with Gasteiger partial charge in [-0.25, -0.2) is 5.01 Å². The summed E-state index contributed by atoms with van der Waals surface area (Å²) in [4.78, 5) is 13.6. The summed E-state index contributed by atoms with van der Waals surface area (Å²) in [5.74, 6) is -0.0194. The number of carbonyl (C=O) groups excluding carboxylic acids is 1. The number of allylic oxidation sites excluding steroid dienone is 1. The lowest BCUT2D eigenvalue weighted by atomic mass is 9.77. The number of rotatable bonds is 3. The van der Waals surface area contributed by atoms with Crippen molar-refractivity contribution >= 4 is 52.5 Å². The van der Waals surface area contributed by atoms with E-state index in [0.29, 0.717) is 20.6 Å². The summed E-state index contributed by atoms with van der Waals surface area (Å²) in [6.07, 6.45) is 5.09. The largest absolute Gasteiger partial charge is 0.274 e. The van der Waals surface area contributed by atoms with Gasteiger partial charge in [-0.15, -0.1) is 0 Å². The number of hydrazone groups is 1. The molecule has 3 aromatic carbocycles. The fraction of sp³-hybridized carbons (Fsp3) is 0.185. The molecule has 1 aliphatic carbocycles. The third kappa shape index (κ3) is 4.59. The van der Waals surface area contributed by atoms with Gasteiger partial charge >= 0.3 is 0 Å². The first-order chi connectivity index (χ1) is 16.0. The summed E-state index contributed by atoms with van der Waals surface area (Å²) in [7, 11) is 0. The highest BCUT2D eigenvalue weighted by molar-refractivity contribution is 6.31. The van der Waals surface area contributed by atoms with Crippen molar-refractivity contribution in [1.29, 1.82) is 0 Å². The Bertz CT molecular complexity index is 1230. The molecule has 6 heteroatoms. The lowest BCUT2D eigenvalue weighted by Crippen LogP contribution is -2.31. The number of nitrogens with zero attached hydrogens (tertiary/aromatic N) is 2. The van der Waals surface area contributed by atoms with Gasteiger partial charge < -0.3 is 0 Å². The van der Waals surface area contributed by atoms with Crippen molar-refractivity contribution in [3.05, 3.63) is 110 Å². The molecule has 0 aromatic heterocycles. The van der Waals surface area contributed by atoms with Crippen molar-refractivity contribution in [2.75, 3.05) is 0 Å². The molecule has 1 saturated carbocycles. The average molecular weight is 496 g/mol. The lowest BCUT2D eigenvalue weighted by molar-refractivity contribution is 0.0681. The maximum Gasteiger partial charge on any atom is 0.274 e. The van der Waals surface area contributed by atoms with E-state index in [9.17, 15) is 4.79 Å². The van der Waals surface area contributed by atoms with Crippen LogP contribution in [0.2, 0.25) is 15.1 Å². The molecule has 1 amide bonds. The molecule has 3 aromatic rings. The topological polar surface area (TPSA) is 32.7 Å². The highest BCUT2D eigenvalue weighted by Gasteiger charge is 2.43. The van der Waals surface area contributed by atoms with Crippen molar-refractivity contribution < 1.29 is 4.79 Å². The van der Waals surface area contributed by atoms with Gasteiger partial charge in [-0.05, 0) is 90.6 Å². The van der Waals surface area contributed by atoms with Crippen molar-refractivity contribution in [1.82, 2.24) is 5.01 Å². The predicted octanol–water partition coefficient (Wildman–Crippen LogP) is 8.08. The van der Waals surface area contributed by atoms with E-state index in [1.165, 1.54) is 5.57 Å². The van der Waals surface area contributed by atoms with Crippen LogP contribution in [0.4, 0.5) is 0 Å². The number of benzene rings is 3. The first-order valence-electron chi connectivity index (χ1n) is 10.9. The monoisotopic (exact) mass is 494 g/mol. The number of amides is 1. The van der Waals surface area contributed by atoms with E-state index in [4.69, 9.17) is 39.9 Å². The smallest absolute Gasteiger partial charge is 0.267 e. The second kappa shape index (κ2) is 9.34. The molecule has 0 N–H and O–H groups in total. The molecule has 2 aliphatic rings. The minimum atomic E-state index is -0.186. The van der Waals surface area contributed by atoms with Gasteiger partial charge in [0.2, 0.25) is 0 Å². The molecule has 0 bridgehead atoms. The van der Waals surface area contributed by atoms with Gasteiger partial charge in [0.05, 0.1) is 11.8 Å². The standard InChI is InChI=1S/C27H21Cl3N2O/c28-21-10-4-17(5-11-21)16-20-2-1-3-24-25(20)31-32(26(24)18-6-12-22(29)13-7-18)27(33)19-8-14-23(30)15-9-19/h4-16,24,26H,1-3H2/b20-16+/t24-,26-/m1/s1.